The lowest BCUT2D eigenvalue weighted by Gasteiger charge is -2.09. The number of rotatable bonds is 5. The third kappa shape index (κ3) is 4.77. The summed E-state index contributed by atoms with van der Waals surface area (Å²) in [5.74, 6) is 0.488. The fourth-order valence-corrected chi connectivity index (χ4v) is 2.40. The smallest absolute Gasteiger partial charge is 0.314 e. The van der Waals surface area contributed by atoms with E-state index in [4.69, 9.17) is 0 Å². The Hall–Kier alpha value is -1.03. The second kappa shape index (κ2) is 6.64. The minimum Gasteiger partial charge on any atom is -0.338 e. The molecule has 2 amide bonds. The van der Waals surface area contributed by atoms with Gasteiger partial charge in [-0.3, -0.25) is 0 Å². The van der Waals surface area contributed by atoms with Crippen LogP contribution in [-0.4, -0.2) is 19.1 Å². The van der Waals surface area contributed by atoms with E-state index in [9.17, 15) is 4.79 Å². The van der Waals surface area contributed by atoms with Gasteiger partial charge >= 0.3 is 6.03 Å². The van der Waals surface area contributed by atoms with Crippen LogP contribution in [0.25, 0.3) is 0 Å². The average Bonchev–Trinajstić information content (AvgIpc) is 2.58. The lowest BCUT2D eigenvalue weighted by Crippen LogP contribution is -2.38. The molecule has 0 aromatic carbocycles. The molecule has 0 spiro atoms. The first kappa shape index (κ1) is 14.0. The molecule has 1 aromatic heterocycles. The van der Waals surface area contributed by atoms with Gasteiger partial charge in [0.15, 0.2) is 0 Å². The van der Waals surface area contributed by atoms with Crippen LogP contribution in [0.5, 0.6) is 0 Å². The number of nitrogens with one attached hydrogen (secondary N) is 2. The average molecular weight is 254 g/mol. The zero-order chi connectivity index (χ0) is 12.8. The standard InChI is InChI=1S/C13H22N2OS/c1-9(2)7-15-13(16)14-6-5-12-8-17-11(4)10(12)3/h8-9H,5-7H2,1-4H3,(H2,14,15,16). The highest BCUT2D eigenvalue weighted by Crippen LogP contribution is 2.20. The predicted octanol–water partition coefficient (Wildman–Crippen LogP) is 2.86. The first-order chi connectivity index (χ1) is 8.00. The summed E-state index contributed by atoms with van der Waals surface area (Å²) >= 11 is 1.78. The number of aryl methyl sites for hydroxylation is 1. The Morgan fingerprint density at radius 3 is 2.59 bits per heavy atom. The van der Waals surface area contributed by atoms with Crippen molar-refractivity contribution in [2.75, 3.05) is 13.1 Å². The molecular weight excluding hydrogens is 232 g/mol. The van der Waals surface area contributed by atoms with Crippen LogP contribution in [0.3, 0.4) is 0 Å². The fraction of sp³-hybridized carbons (Fsp3) is 0.615. The van der Waals surface area contributed by atoms with E-state index in [0.717, 1.165) is 13.0 Å². The summed E-state index contributed by atoms with van der Waals surface area (Å²) in [7, 11) is 0. The molecule has 0 aliphatic carbocycles. The quantitative estimate of drug-likeness (QED) is 0.833. The van der Waals surface area contributed by atoms with Gasteiger partial charge in [0.25, 0.3) is 0 Å². The SMILES string of the molecule is Cc1scc(CCNC(=O)NCC(C)C)c1C. The number of urea groups is 1. The first-order valence-corrected chi connectivity index (χ1v) is 6.94. The molecule has 1 rings (SSSR count). The Labute approximate surface area is 108 Å². The van der Waals surface area contributed by atoms with Crippen molar-refractivity contribution in [3.8, 4) is 0 Å². The highest BCUT2D eigenvalue weighted by molar-refractivity contribution is 7.10. The molecule has 17 heavy (non-hydrogen) atoms. The summed E-state index contributed by atoms with van der Waals surface area (Å²) in [5.41, 5.74) is 2.70. The third-order valence-corrected chi connectivity index (χ3v) is 3.80. The molecule has 0 aliphatic heterocycles. The minimum absolute atomic E-state index is 0.0664. The van der Waals surface area contributed by atoms with Crippen molar-refractivity contribution >= 4 is 17.4 Å². The van der Waals surface area contributed by atoms with E-state index in [2.05, 4.69) is 43.7 Å². The topological polar surface area (TPSA) is 41.1 Å². The number of hydrogen-bond donors (Lipinski definition) is 2. The molecular formula is C13H22N2OS. The van der Waals surface area contributed by atoms with Gasteiger partial charge in [-0.25, -0.2) is 4.79 Å². The molecule has 0 radical (unpaired) electrons. The maximum Gasteiger partial charge on any atom is 0.314 e. The largest absolute Gasteiger partial charge is 0.338 e. The molecule has 96 valence electrons. The first-order valence-electron chi connectivity index (χ1n) is 6.06. The molecule has 0 unspecified atom stereocenters. The van der Waals surface area contributed by atoms with Gasteiger partial charge in [-0.2, -0.15) is 0 Å². The van der Waals surface area contributed by atoms with Crippen LogP contribution >= 0.6 is 11.3 Å². The Balaban J connectivity index is 2.24. The van der Waals surface area contributed by atoms with Crippen molar-refractivity contribution in [1.29, 1.82) is 0 Å². The fourth-order valence-electron chi connectivity index (χ4n) is 1.48. The van der Waals surface area contributed by atoms with E-state index >= 15 is 0 Å². The summed E-state index contributed by atoms with van der Waals surface area (Å²) in [6.45, 7) is 9.85. The highest BCUT2D eigenvalue weighted by atomic mass is 32.1. The van der Waals surface area contributed by atoms with Gasteiger partial charge in [0.1, 0.15) is 0 Å². The number of carbonyl (C=O) groups excluding carboxylic acids is 1. The van der Waals surface area contributed by atoms with Crippen molar-refractivity contribution in [2.24, 2.45) is 5.92 Å². The number of amides is 2. The zero-order valence-electron chi connectivity index (χ0n) is 11.1. The van der Waals surface area contributed by atoms with Crippen molar-refractivity contribution in [3.63, 3.8) is 0 Å². The van der Waals surface area contributed by atoms with Crippen LogP contribution in [0.1, 0.15) is 29.9 Å². The van der Waals surface area contributed by atoms with E-state index in [1.165, 1.54) is 16.0 Å². The maximum atomic E-state index is 11.4. The van der Waals surface area contributed by atoms with Crippen LogP contribution in [0, 0.1) is 19.8 Å². The van der Waals surface area contributed by atoms with Gasteiger partial charge in [0.2, 0.25) is 0 Å². The van der Waals surface area contributed by atoms with E-state index in [1.54, 1.807) is 11.3 Å². The van der Waals surface area contributed by atoms with Gasteiger partial charge < -0.3 is 10.6 Å². The summed E-state index contributed by atoms with van der Waals surface area (Å²) in [5, 5.41) is 7.90. The van der Waals surface area contributed by atoms with E-state index in [-0.39, 0.29) is 6.03 Å². The molecule has 1 aromatic rings. The lowest BCUT2D eigenvalue weighted by atomic mass is 10.1. The van der Waals surface area contributed by atoms with E-state index < -0.39 is 0 Å². The van der Waals surface area contributed by atoms with Crippen molar-refractivity contribution in [1.82, 2.24) is 10.6 Å². The molecule has 0 aliphatic rings. The maximum absolute atomic E-state index is 11.4. The minimum atomic E-state index is -0.0664. The molecule has 0 atom stereocenters. The molecule has 4 heteroatoms. The summed E-state index contributed by atoms with van der Waals surface area (Å²) in [6, 6.07) is -0.0664. The molecule has 1 heterocycles. The number of carbonyl (C=O) groups is 1. The molecule has 2 N–H and O–H groups in total. The van der Waals surface area contributed by atoms with E-state index in [1.807, 2.05) is 0 Å². The van der Waals surface area contributed by atoms with Gasteiger partial charge in [-0.15, -0.1) is 11.3 Å². The second-order valence-corrected chi connectivity index (χ2v) is 5.81. The normalized spacial score (nSPS) is 10.6. The Morgan fingerprint density at radius 2 is 2.06 bits per heavy atom. The Morgan fingerprint density at radius 1 is 1.35 bits per heavy atom. The molecule has 0 fully saturated rings. The van der Waals surface area contributed by atoms with Gasteiger partial charge in [0, 0.05) is 18.0 Å². The molecule has 0 bridgehead atoms. The summed E-state index contributed by atoms with van der Waals surface area (Å²) in [6.07, 6.45) is 0.908. The van der Waals surface area contributed by atoms with Gasteiger partial charge in [0.05, 0.1) is 0 Å². The second-order valence-electron chi connectivity index (χ2n) is 4.72. The molecule has 0 saturated heterocycles. The van der Waals surface area contributed by atoms with Crippen LogP contribution in [0.4, 0.5) is 4.79 Å². The summed E-state index contributed by atoms with van der Waals surface area (Å²) in [4.78, 5) is 12.8. The van der Waals surface area contributed by atoms with Crippen molar-refractivity contribution in [2.45, 2.75) is 34.1 Å². The molecule has 3 nitrogen and oxygen atoms in total. The molecule has 0 saturated carbocycles. The number of hydrogen-bond acceptors (Lipinski definition) is 2. The van der Waals surface area contributed by atoms with E-state index in [0.29, 0.717) is 12.5 Å². The number of thiophene rings is 1. The Kier molecular flexibility index (Phi) is 5.48. The van der Waals surface area contributed by atoms with Crippen LogP contribution < -0.4 is 10.6 Å². The highest BCUT2D eigenvalue weighted by Gasteiger charge is 2.05. The monoisotopic (exact) mass is 254 g/mol. The van der Waals surface area contributed by atoms with Crippen LogP contribution in [0.15, 0.2) is 5.38 Å². The van der Waals surface area contributed by atoms with Crippen LogP contribution in [0.2, 0.25) is 0 Å². The van der Waals surface area contributed by atoms with Crippen molar-refractivity contribution in [3.05, 3.63) is 21.4 Å². The van der Waals surface area contributed by atoms with Crippen molar-refractivity contribution < 1.29 is 4.79 Å². The van der Waals surface area contributed by atoms with Gasteiger partial charge in [-0.1, -0.05) is 13.8 Å². The van der Waals surface area contributed by atoms with Crippen LogP contribution in [-0.2, 0) is 6.42 Å². The predicted molar refractivity (Wildman–Crippen MR) is 73.7 cm³/mol. The Bertz CT molecular complexity index is 371. The lowest BCUT2D eigenvalue weighted by molar-refractivity contribution is 0.239. The zero-order valence-corrected chi connectivity index (χ0v) is 11.9. The summed E-state index contributed by atoms with van der Waals surface area (Å²) < 4.78 is 0. The third-order valence-electron chi connectivity index (χ3n) is 2.74. The van der Waals surface area contributed by atoms with Gasteiger partial charge in [-0.05, 0) is 42.7 Å².